The Morgan fingerprint density at radius 1 is 1.17 bits per heavy atom. The lowest BCUT2D eigenvalue weighted by Crippen LogP contribution is -2.26. The minimum Gasteiger partial charge on any atom is -0.267 e. The van der Waals surface area contributed by atoms with Crippen LogP contribution >= 0.6 is 34.3 Å². The Kier molecular flexibility index (Phi) is 4.22. The summed E-state index contributed by atoms with van der Waals surface area (Å²) in [4.78, 5) is 13.0. The molecule has 2 aromatic heterocycles. The van der Waals surface area contributed by atoms with Crippen molar-refractivity contribution in [1.82, 2.24) is 5.01 Å². The molecule has 1 unspecified atom stereocenters. The monoisotopic (exact) mass is 372 g/mol. The number of hydrogen-bond donors (Lipinski definition) is 0. The standard InChI is InChI=1S/C18H13ClN2OS2/c19-15-3-1-2-12(8-15)18(22)21-17(14-5-7-24-11-14)9-16(20-21)13-4-6-23-10-13/h1-8,10-11,17H,9H2. The summed E-state index contributed by atoms with van der Waals surface area (Å²) in [6.07, 6.45) is 0.722. The van der Waals surface area contributed by atoms with E-state index in [4.69, 9.17) is 11.6 Å². The minimum absolute atomic E-state index is 0.0716. The number of hydrogen-bond acceptors (Lipinski definition) is 4. The summed E-state index contributed by atoms with van der Waals surface area (Å²) in [6.45, 7) is 0. The lowest BCUT2D eigenvalue weighted by Gasteiger charge is -2.21. The summed E-state index contributed by atoms with van der Waals surface area (Å²) in [5.41, 5.74) is 3.70. The van der Waals surface area contributed by atoms with Crippen LogP contribution in [-0.2, 0) is 0 Å². The molecule has 3 aromatic rings. The number of benzene rings is 1. The molecular weight excluding hydrogens is 360 g/mol. The molecule has 0 aliphatic carbocycles. The zero-order valence-electron chi connectivity index (χ0n) is 12.6. The van der Waals surface area contributed by atoms with Gasteiger partial charge in [-0.15, -0.1) is 0 Å². The van der Waals surface area contributed by atoms with Gasteiger partial charge in [-0.1, -0.05) is 17.7 Å². The molecule has 0 spiro atoms. The molecule has 3 heterocycles. The highest BCUT2D eigenvalue weighted by Crippen LogP contribution is 2.35. The molecule has 1 amide bonds. The van der Waals surface area contributed by atoms with Crippen molar-refractivity contribution in [2.24, 2.45) is 5.10 Å². The molecule has 1 aliphatic heterocycles. The molecular formula is C18H13ClN2OS2. The van der Waals surface area contributed by atoms with Crippen LogP contribution < -0.4 is 0 Å². The number of halogens is 1. The van der Waals surface area contributed by atoms with E-state index in [0.29, 0.717) is 10.6 Å². The predicted octanol–water partition coefficient (Wildman–Crippen LogP) is 5.45. The van der Waals surface area contributed by atoms with Crippen LogP contribution in [0.2, 0.25) is 5.02 Å². The van der Waals surface area contributed by atoms with Gasteiger partial charge in [0.15, 0.2) is 0 Å². The van der Waals surface area contributed by atoms with Gasteiger partial charge in [-0.05, 0) is 57.4 Å². The normalized spacial score (nSPS) is 17.1. The van der Waals surface area contributed by atoms with Gasteiger partial charge in [-0.25, -0.2) is 5.01 Å². The van der Waals surface area contributed by atoms with Crippen molar-refractivity contribution in [2.75, 3.05) is 0 Å². The second kappa shape index (κ2) is 6.51. The molecule has 24 heavy (non-hydrogen) atoms. The fourth-order valence-electron chi connectivity index (χ4n) is 2.78. The maximum Gasteiger partial charge on any atom is 0.274 e. The number of amides is 1. The Morgan fingerprint density at radius 3 is 2.71 bits per heavy atom. The van der Waals surface area contributed by atoms with Gasteiger partial charge in [0.25, 0.3) is 5.91 Å². The van der Waals surface area contributed by atoms with Gasteiger partial charge in [0.1, 0.15) is 0 Å². The van der Waals surface area contributed by atoms with E-state index in [-0.39, 0.29) is 11.9 Å². The third kappa shape index (κ3) is 2.90. The summed E-state index contributed by atoms with van der Waals surface area (Å²) in [5, 5.41) is 15.0. The van der Waals surface area contributed by atoms with Gasteiger partial charge < -0.3 is 0 Å². The molecule has 0 fully saturated rings. The van der Waals surface area contributed by atoms with E-state index in [1.807, 2.05) is 16.8 Å². The van der Waals surface area contributed by atoms with Crippen molar-refractivity contribution in [3.63, 3.8) is 0 Å². The predicted molar refractivity (Wildman–Crippen MR) is 100 cm³/mol. The van der Waals surface area contributed by atoms with E-state index < -0.39 is 0 Å². The molecule has 1 aliphatic rings. The number of nitrogens with zero attached hydrogens (tertiary/aromatic N) is 2. The van der Waals surface area contributed by atoms with Gasteiger partial charge in [0.05, 0.1) is 11.8 Å². The van der Waals surface area contributed by atoms with Crippen LogP contribution in [-0.4, -0.2) is 16.6 Å². The molecule has 0 saturated heterocycles. The Hall–Kier alpha value is -1.95. The number of rotatable bonds is 3. The Bertz CT molecular complexity index is 888. The Balaban J connectivity index is 1.72. The van der Waals surface area contributed by atoms with Crippen LogP contribution in [0.15, 0.2) is 63.0 Å². The molecule has 1 atom stereocenters. The van der Waals surface area contributed by atoms with Crippen LogP contribution in [0, 0.1) is 0 Å². The molecule has 0 N–H and O–H groups in total. The van der Waals surface area contributed by atoms with Crippen LogP contribution in [0.4, 0.5) is 0 Å². The molecule has 3 nitrogen and oxygen atoms in total. The summed E-state index contributed by atoms with van der Waals surface area (Å²) in [7, 11) is 0. The molecule has 4 rings (SSSR count). The third-order valence-corrected chi connectivity index (χ3v) is 5.59. The summed E-state index contributed by atoms with van der Waals surface area (Å²) < 4.78 is 0. The smallest absolute Gasteiger partial charge is 0.267 e. The summed E-state index contributed by atoms with van der Waals surface area (Å²) in [6, 6.07) is 11.0. The van der Waals surface area contributed by atoms with E-state index in [1.54, 1.807) is 51.9 Å². The number of carbonyl (C=O) groups excluding carboxylic acids is 1. The van der Waals surface area contributed by atoms with Crippen molar-refractivity contribution in [3.05, 3.63) is 79.6 Å². The first kappa shape index (κ1) is 15.6. The zero-order valence-corrected chi connectivity index (χ0v) is 14.9. The first-order valence-electron chi connectivity index (χ1n) is 7.43. The first-order chi connectivity index (χ1) is 11.7. The SMILES string of the molecule is O=C(c1cccc(Cl)c1)N1N=C(c2ccsc2)CC1c1ccsc1. The molecule has 0 saturated carbocycles. The quantitative estimate of drug-likeness (QED) is 0.601. The average molecular weight is 373 g/mol. The highest BCUT2D eigenvalue weighted by molar-refractivity contribution is 7.08. The maximum absolute atomic E-state index is 13.0. The fraction of sp³-hybridized carbons (Fsp3) is 0.111. The number of hydrazone groups is 1. The van der Waals surface area contributed by atoms with Gasteiger partial charge in [-0.3, -0.25) is 4.79 Å². The Labute approximate surface area is 152 Å². The Morgan fingerprint density at radius 2 is 2.00 bits per heavy atom. The topological polar surface area (TPSA) is 32.7 Å². The van der Waals surface area contributed by atoms with E-state index in [2.05, 4.69) is 21.9 Å². The maximum atomic E-state index is 13.0. The van der Waals surface area contributed by atoms with Gasteiger partial charge in [-0.2, -0.15) is 27.8 Å². The second-order valence-corrected chi connectivity index (χ2v) is 7.49. The van der Waals surface area contributed by atoms with Crippen LogP contribution in [0.3, 0.4) is 0 Å². The largest absolute Gasteiger partial charge is 0.274 e. The fourth-order valence-corrected chi connectivity index (χ4v) is 4.34. The molecule has 6 heteroatoms. The summed E-state index contributed by atoms with van der Waals surface area (Å²) in [5.74, 6) is -0.126. The zero-order chi connectivity index (χ0) is 16.5. The lowest BCUT2D eigenvalue weighted by molar-refractivity contribution is 0.0711. The number of thiophene rings is 2. The van der Waals surface area contributed by atoms with Gasteiger partial charge >= 0.3 is 0 Å². The van der Waals surface area contributed by atoms with Crippen molar-refractivity contribution in [3.8, 4) is 0 Å². The van der Waals surface area contributed by atoms with E-state index in [0.717, 1.165) is 23.3 Å². The van der Waals surface area contributed by atoms with Crippen LogP contribution in [0.1, 0.15) is 33.9 Å². The van der Waals surface area contributed by atoms with E-state index in [9.17, 15) is 4.79 Å². The first-order valence-corrected chi connectivity index (χ1v) is 9.70. The van der Waals surface area contributed by atoms with Gasteiger partial charge in [0.2, 0.25) is 0 Å². The molecule has 120 valence electrons. The van der Waals surface area contributed by atoms with Crippen LogP contribution in [0.25, 0.3) is 0 Å². The van der Waals surface area contributed by atoms with E-state index >= 15 is 0 Å². The minimum atomic E-state index is -0.126. The highest BCUT2D eigenvalue weighted by atomic mass is 35.5. The molecule has 0 bridgehead atoms. The van der Waals surface area contributed by atoms with E-state index in [1.165, 1.54) is 0 Å². The van der Waals surface area contributed by atoms with Crippen molar-refractivity contribution >= 4 is 45.9 Å². The highest BCUT2D eigenvalue weighted by Gasteiger charge is 2.34. The average Bonchev–Trinajstić information content (AvgIpc) is 3.32. The molecule has 0 radical (unpaired) electrons. The molecule has 1 aromatic carbocycles. The second-order valence-electron chi connectivity index (χ2n) is 5.50. The number of carbonyl (C=O) groups is 1. The summed E-state index contributed by atoms with van der Waals surface area (Å²) >= 11 is 9.30. The van der Waals surface area contributed by atoms with Crippen molar-refractivity contribution in [2.45, 2.75) is 12.5 Å². The van der Waals surface area contributed by atoms with Gasteiger partial charge in [0, 0.05) is 22.6 Å². The van der Waals surface area contributed by atoms with Crippen molar-refractivity contribution in [1.29, 1.82) is 0 Å². The van der Waals surface area contributed by atoms with Crippen LogP contribution in [0.5, 0.6) is 0 Å². The lowest BCUT2D eigenvalue weighted by atomic mass is 10.0. The third-order valence-electron chi connectivity index (χ3n) is 3.97. The van der Waals surface area contributed by atoms with Crippen molar-refractivity contribution < 1.29 is 4.79 Å².